The van der Waals surface area contributed by atoms with E-state index in [2.05, 4.69) is 15.6 Å². The van der Waals surface area contributed by atoms with Crippen LogP contribution in [0.25, 0.3) is 0 Å². The number of rotatable bonds is 7. The minimum absolute atomic E-state index is 0.122. The SMILES string of the molecule is CNC(=O)c1cc(C(=O)NC2C3COC[C@@H]32)cc(Cc2cccc3c2CCN3C(=O)OCc2ccccc2)n1. The summed E-state index contributed by atoms with van der Waals surface area (Å²) in [6.07, 6.45) is 0.716. The van der Waals surface area contributed by atoms with Crippen molar-refractivity contribution in [2.45, 2.75) is 25.5 Å². The lowest BCUT2D eigenvalue weighted by molar-refractivity contribution is 0.0928. The van der Waals surface area contributed by atoms with Crippen LogP contribution in [0.15, 0.2) is 60.7 Å². The molecular formula is C30H30N4O5. The van der Waals surface area contributed by atoms with E-state index in [-0.39, 0.29) is 36.3 Å². The highest BCUT2D eigenvalue weighted by Crippen LogP contribution is 2.44. The van der Waals surface area contributed by atoms with Crippen LogP contribution in [0.3, 0.4) is 0 Å². The Hall–Kier alpha value is -4.24. The number of hydrogen-bond donors (Lipinski definition) is 2. The third-order valence-electron chi connectivity index (χ3n) is 7.77. The highest BCUT2D eigenvalue weighted by Gasteiger charge is 2.54. The zero-order valence-electron chi connectivity index (χ0n) is 21.7. The highest BCUT2D eigenvalue weighted by molar-refractivity contribution is 5.99. The number of fused-ring (bicyclic) bond motifs is 2. The van der Waals surface area contributed by atoms with Crippen molar-refractivity contribution in [1.29, 1.82) is 0 Å². The summed E-state index contributed by atoms with van der Waals surface area (Å²) in [7, 11) is 1.54. The van der Waals surface area contributed by atoms with E-state index in [1.807, 2.05) is 48.5 Å². The average molecular weight is 527 g/mol. The summed E-state index contributed by atoms with van der Waals surface area (Å²) < 4.78 is 11.0. The molecule has 9 heteroatoms. The predicted octanol–water partition coefficient (Wildman–Crippen LogP) is 3.11. The van der Waals surface area contributed by atoms with Crippen LogP contribution in [0.1, 0.15) is 43.2 Å². The summed E-state index contributed by atoms with van der Waals surface area (Å²) in [6.45, 7) is 2.08. The normalized spacial score (nSPS) is 20.6. The van der Waals surface area contributed by atoms with Gasteiger partial charge in [-0.15, -0.1) is 0 Å². The Morgan fingerprint density at radius 1 is 1.03 bits per heavy atom. The van der Waals surface area contributed by atoms with Gasteiger partial charge in [-0.05, 0) is 41.3 Å². The number of anilines is 1. The van der Waals surface area contributed by atoms with Crippen molar-refractivity contribution in [2.75, 3.05) is 31.7 Å². The molecule has 3 atom stereocenters. The summed E-state index contributed by atoms with van der Waals surface area (Å²) in [5.74, 6) is 0.188. The number of carbonyl (C=O) groups is 3. The summed E-state index contributed by atoms with van der Waals surface area (Å²) in [4.78, 5) is 44.7. The fraction of sp³-hybridized carbons (Fsp3) is 0.333. The molecule has 39 heavy (non-hydrogen) atoms. The molecule has 200 valence electrons. The maximum atomic E-state index is 13.1. The topological polar surface area (TPSA) is 110 Å². The molecule has 0 spiro atoms. The van der Waals surface area contributed by atoms with Gasteiger partial charge in [0.2, 0.25) is 0 Å². The van der Waals surface area contributed by atoms with E-state index in [0.29, 0.717) is 55.7 Å². The van der Waals surface area contributed by atoms with E-state index in [9.17, 15) is 14.4 Å². The van der Waals surface area contributed by atoms with E-state index in [4.69, 9.17) is 9.47 Å². The van der Waals surface area contributed by atoms with Crippen LogP contribution < -0.4 is 15.5 Å². The first-order valence-corrected chi connectivity index (χ1v) is 13.2. The van der Waals surface area contributed by atoms with Gasteiger partial charge >= 0.3 is 6.09 Å². The van der Waals surface area contributed by atoms with Crippen LogP contribution >= 0.6 is 0 Å². The Labute approximate surface area is 226 Å². The first-order chi connectivity index (χ1) is 19.0. The molecule has 2 N–H and O–H groups in total. The number of hydrogen-bond acceptors (Lipinski definition) is 6. The monoisotopic (exact) mass is 526 g/mol. The molecule has 9 nitrogen and oxygen atoms in total. The summed E-state index contributed by atoms with van der Waals surface area (Å²) >= 11 is 0. The summed E-state index contributed by atoms with van der Waals surface area (Å²) in [6, 6.07) is 18.8. The molecule has 6 rings (SSSR count). The summed E-state index contributed by atoms with van der Waals surface area (Å²) in [5, 5.41) is 5.69. The van der Waals surface area contributed by atoms with Crippen molar-refractivity contribution in [3.05, 3.63) is 94.3 Å². The van der Waals surface area contributed by atoms with Crippen molar-refractivity contribution in [1.82, 2.24) is 15.6 Å². The lowest BCUT2D eigenvalue weighted by atomic mass is 9.99. The molecule has 1 saturated heterocycles. The first kappa shape index (κ1) is 25.1. The van der Waals surface area contributed by atoms with E-state index in [1.54, 1.807) is 11.0 Å². The second-order valence-electron chi connectivity index (χ2n) is 10.2. The lowest BCUT2D eigenvalue weighted by Crippen LogP contribution is -2.30. The van der Waals surface area contributed by atoms with Crippen molar-refractivity contribution in [3.63, 3.8) is 0 Å². The van der Waals surface area contributed by atoms with Crippen molar-refractivity contribution in [2.24, 2.45) is 11.8 Å². The van der Waals surface area contributed by atoms with Crippen LogP contribution in [0.4, 0.5) is 10.5 Å². The minimum atomic E-state index is -0.385. The molecule has 2 unspecified atom stereocenters. The Bertz CT molecular complexity index is 1420. The van der Waals surface area contributed by atoms with Crippen LogP contribution in [0.5, 0.6) is 0 Å². The van der Waals surface area contributed by atoms with E-state index in [1.165, 1.54) is 13.1 Å². The molecule has 2 aliphatic heterocycles. The molecule has 2 fully saturated rings. The number of amides is 3. The second kappa shape index (κ2) is 10.5. The number of aromatic nitrogens is 1. The number of benzene rings is 2. The Morgan fingerprint density at radius 3 is 2.59 bits per heavy atom. The van der Waals surface area contributed by atoms with E-state index < -0.39 is 0 Å². The molecule has 3 amide bonds. The molecule has 0 radical (unpaired) electrons. The van der Waals surface area contributed by atoms with Crippen molar-refractivity contribution < 1.29 is 23.9 Å². The maximum absolute atomic E-state index is 13.1. The molecule has 0 bridgehead atoms. The number of nitrogens with one attached hydrogen (secondary N) is 2. The van der Waals surface area contributed by atoms with Gasteiger partial charge < -0.3 is 20.1 Å². The number of ether oxygens (including phenoxy) is 2. The van der Waals surface area contributed by atoms with Gasteiger partial charge in [0.15, 0.2) is 0 Å². The van der Waals surface area contributed by atoms with Gasteiger partial charge in [-0.2, -0.15) is 0 Å². The van der Waals surface area contributed by atoms with Gasteiger partial charge in [-0.3, -0.25) is 14.5 Å². The average Bonchev–Trinajstić information content (AvgIpc) is 3.31. The number of pyridine rings is 1. The van der Waals surface area contributed by atoms with Crippen LogP contribution in [-0.2, 0) is 28.9 Å². The second-order valence-corrected chi connectivity index (χ2v) is 10.2. The van der Waals surface area contributed by atoms with Crippen LogP contribution in [0.2, 0.25) is 0 Å². The van der Waals surface area contributed by atoms with Crippen LogP contribution in [-0.4, -0.2) is 55.7 Å². The smallest absolute Gasteiger partial charge is 0.414 e. The number of nitrogens with zero attached hydrogens (tertiary/aromatic N) is 2. The first-order valence-electron chi connectivity index (χ1n) is 13.2. The summed E-state index contributed by atoms with van der Waals surface area (Å²) in [5.41, 5.74) is 4.99. The van der Waals surface area contributed by atoms with Crippen LogP contribution in [0, 0.1) is 11.8 Å². The largest absolute Gasteiger partial charge is 0.444 e. The Morgan fingerprint density at radius 2 is 1.82 bits per heavy atom. The Balaban J connectivity index is 1.20. The van der Waals surface area contributed by atoms with Gasteiger partial charge in [0.1, 0.15) is 12.3 Å². The van der Waals surface area contributed by atoms with E-state index in [0.717, 1.165) is 22.4 Å². The molecule has 3 aromatic rings. The van der Waals surface area contributed by atoms with Crippen molar-refractivity contribution in [3.8, 4) is 0 Å². The lowest BCUT2D eigenvalue weighted by Gasteiger charge is -2.18. The fourth-order valence-electron chi connectivity index (χ4n) is 5.60. The zero-order chi connectivity index (χ0) is 26.9. The molecule has 3 heterocycles. The molecule has 1 aliphatic carbocycles. The molecule has 1 saturated carbocycles. The molecular weight excluding hydrogens is 496 g/mol. The third-order valence-corrected chi connectivity index (χ3v) is 7.77. The third kappa shape index (κ3) is 5.09. The molecule has 1 aromatic heterocycles. The highest BCUT2D eigenvalue weighted by atomic mass is 16.6. The predicted molar refractivity (Wildman–Crippen MR) is 144 cm³/mol. The van der Waals surface area contributed by atoms with Gasteiger partial charge in [-0.1, -0.05) is 42.5 Å². The van der Waals surface area contributed by atoms with Crippen molar-refractivity contribution >= 4 is 23.6 Å². The molecule has 3 aliphatic rings. The minimum Gasteiger partial charge on any atom is -0.444 e. The molecule has 2 aromatic carbocycles. The zero-order valence-corrected chi connectivity index (χ0v) is 21.7. The van der Waals surface area contributed by atoms with E-state index >= 15 is 0 Å². The Kier molecular flexibility index (Phi) is 6.74. The van der Waals surface area contributed by atoms with Gasteiger partial charge in [0.25, 0.3) is 11.8 Å². The van der Waals surface area contributed by atoms with Gasteiger partial charge in [0, 0.05) is 49.1 Å². The van der Waals surface area contributed by atoms with Gasteiger partial charge in [0.05, 0.1) is 18.9 Å². The number of carbonyl (C=O) groups excluding carboxylic acids is 3. The quantitative estimate of drug-likeness (QED) is 0.490. The fourth-order valence-corrected chi connectivity index (χ4v) is 5.60. The van der Waals surface area contributed by atoms with Gasteiger partial charge in [-0.25, -0.2) is 9.78 Å². The maximum Gasteiger partial charge on any atom is 0.414 e. The standard InChI is InChI=1S/C30H30N4O5/c1-31-29(36)25-14-20(28(35)33-27-23-16-38-17-24(23)27)13-21(32-25)12-19-8-5-9-26-22(19)10-11-34(26)30(37)39-15-18-6-3-2-4-7-18/h2-9,13-14,23-24,27H,10-12,15-17H2,1H3,(H,31,36)(H,33,35)/t23-,24?,27?/m0/s1.